The molecule has 4 nitrogen and oxygen atoms in total. The summed E-state index contributed by atoms with van der Waals surface area (Å²) in [5.74, 6) is 1.00. The van der Waals surface area contributed by atoms with Gasteiger partial charge < -0.3 is 5.32 Å². The molecule has 1 atom stereocenters. The molecule has 1 heterocycles. The van der Waals surface area contributed by atoms with Gasteiger partial charge >= 0.3 is 6.03 Å². The first kappa shape index (κ1) is 15.7. The number of nitrogens with zero attached hydrogens (tertiary/aromatic N) is 1. The number of carbonyl (C=O) groups excluding carboxylic acids is 2. The van der Waals surface area contributed by atoms with Crippen LogP contribution < -0.4 is 5.32 Å². The van der Waals surface area contributed by atoms with E-state index < -0.39 is 5.54 Å². The Kier molecular flexibility index (Phi) is 5.35. The van der Waals surface area contributed by atoms with E-state index in [4.69, 9.17) is 0 Å². The topological polar surface area (TPSA) is 49.4 Å². The van der Waals surface area contributed by atoms with Gasteiger partial charge in [-0.1, -0.05) is 45.4 Å². The monoisotopic (exact) mass is 298 g/mol. The van der Waals surface area contributed by atoms with Gasteiger partial charge in [0.15, 0.2) is 0 Å². The molecule has 2 aliphatic rings. The standard InChI is InChI=1S/C15H26N2O2S/c1-2-12(11-20)10-17-13(18)15(16-14(17)19)8-6-4-3-5-7-9-15/h12,20H,2-11H2,1H3,(H,16,19). The number of hydrogen-bond donors (Lipinski definition) is 2. The minimum absolute atomic E-state index is 0.00429. The van der Waals surface area contributed by atoms with Gasteiger partial charge in [-0.25, -0.2) is 4.79 Å². The smallest absolute Gasteiger partial charge is 0.323 e. The Morgan fingerprint density at radius 2 is 1.80 bits per heavy atom. The minimum atomic E-state index is -0.605. The Morgan fingerprint density at radius 3 is 2.35 bits per heavy atom. The van der Waals surface area contributed by atoms with Crippen LogP contribution in [0.3, 0.4) is 0 Å². The first-order chi connectivity index (χ1) is 9.63. The summed E-state index contributed by atoms with van der Waals surface area (Å²) in [5, 5.41) is 3.00. The van der Waals surface area contributed by atoms with Crippen LogP contribution in [0.25, 0.3) is 0 Å². The molecular weight excluding hydrogens is 272 g/mol. The van der Waals surface area contributed by atoms with Crippen molar-refractivity contribution in [3.63, 3.8) is 0 Å². The van der Waals surface area contributed by atoms with Crippen LogP contribution >= 0.6 is 12.6 Å². The zero-order valence-electron chi connectivity index (χ0n) is 12.4. The van der Waals surface area contributed by atoms with Crippen molar-refractivity contribution < 1.29 is 9.59 Å². The third-order valence-electron chi connectivity index (χ3n) is 4.73. The SMILES string of the molecule is CCC(CS)CN1C(=O)NC2(CCCCCCC2)C1=O. The molecule has 1 saturated heterocycles. The van der Waals surface area contributed by atoms with Gasteiger partial charge in [0.25, 0.3) is 5.91 Å². The third-order valence-corrected chi connectivity index (χ3v) is 5.25. The van der Waals surface area contributed by atoms with E-state index in [0.29, 0.717) is 12.3 Å². The molecule has 20 heavy (non-hydrogen) atoms. The second kappa shape index (κ2) is 6.83. The maximum absolute atomic E-state index is 12.7. The van der Waals surface area contributed by atoms with E-state index in [1.807, 2.05) is 0 Å². The fraction of sp³-hybridized carbons (Fsp3) is 0.867. The molecule has 1 N–H and O–H groups in total. The van der Waals surface area contributed by atoms with Crippen molar-refractivity contribution in [1.82, 2.24) is 10.2 Å². The lowest BCUT2D eigenvalue weighted by Crippen LogP contribution is -2.47. The van der Waals surface area contributed by atoms with E-state index >= 15 is 0 Å². The molecule has 0 radical (unpaired) electrons. The number of urea groups is 1. The predicted molar refractivity (Wildman–Crippen MR) is 82.9 cm³/mol. The molecule has 1 spiro atoms. The van der Waals surface area contributed by atoms with Crippen molar-refractivity contribution in [2.45, 2.75) is 63.8 Å². The van der Waals surface area contributed by atoms with Gasteiger partial charge in [-0.05, 0) is 24.5 Å². The molecule has 2 rings (SSSR count). The van der Waals surface area contributed by atoms with E-state index in [1.165, 1.54) is 24.2 Å². The lowest BCUT2D eigenvalue weighted by molar-refractivity contribution is -0.132. The van der Waals surface area contributed by atoms with E-state index in [9.17, 15) is 9.59 Å². The highest BCUT2D eigenvalue weighted by molar-refractivity contribution is 7.80. The quantitative estimate of drug-likeness (QED) is 0.619. The minimum Gasteiger partial charge on any atom is -0.323 e. The van der Waals surface area contributed by atoms with Gasteiger partial charge in [0.1, 0.15) is 5.54 Å². The second-order valence-electron chi connectivity index (χ2n) is 6.15. The highest BCUT2D eigenvalue weighted by Gasteiger charge is 2.50. The van der Waals surface area contributed by atoms with Crippen LogP contribution in [0.4, 0.5) is 4.79 Å². The Bertz CT molecular complexity index is 361. The summed E-state index contributed by atoms with van der Waals surface area (Å²) < 4.78 is 0. The lowest BCUT2D eigenvalue weighted by atomic mass is 9.84. The summed E-state index contributed by atoms with van der Waals surface area (Å²) in [5.41, 5.74) is -0.605. The van der Waals surface area contributed by atoms with Crippen LogP contribution in [0.1, 0.15) is 58.3 Å². The Morgan fingerprint density at radius 1 is 1.20 bits per heavy atom. The van der Waals surface area contributed by atoms with E-state index in [-0.39, 0.29) is 17.9 Å². The molecule has 1 aliphatic heterocycles. The summed E-state index contributed by atoms with van der Waals surface area (Å²) in [6.07, 6.45) is 8.18. The van der Waals surface area contributed by atoms with Crippen molar-refractivity contribution in [1.29, 1.82) is 0 Å². The van der Waals surface area contributed by atoms with Crippen LogP contribution in [0.2, 0.25) is 0 Å². The largest absolute Gasteiger partial charge is 0.325 e. The van der Waals surface area contributed by atoms with Crippen LogP contribution in [0.15, 0.2) is 0 Å². The van der Waals surface area contributed by atoms with Crippen LogP contribution in [0.5, 0.6) is 0 Å². The van der Waals surface area contributed by atoms with Gasteiger partial charge in [0.2, 0.25) is 0 Å². The Hall–Kier alpha value is -0.710. The van der Waals surface area contributed by atoms with E-state index in [1.54, 1.807) is 0 Å². The normalized spacial score (nSPS) is 24.4. The van der Waals surface area contributed by atoms with Gasteiger partial charge in [-0.15, -0.1) is 0 Å². The molecule has 0 aromatic rings. The molecule has 2 fully saturated rings. The summed E-state index contributed by atoms with van der Waals surface area (Å²) in [6, 6.07) is -0.198. The first-order valence-electron chi connectivity index (χ1n) is 7.88. The van der Waals surface area contributed by atoms with Gasteiger partial charge in [0.05, 0.1) is 0 Å². The fourth-order valence-corrected chi connectivity index (χ4v) is 3.64. The van der Waals surface area contributed by atoms with Crippen molar-refractivity contribution in [3.8, 4) is 0 Å². The predicted octanol–water partition coefficient (Wildman–Crippen LogP) is 2.98. The maximum atomic E-state index is 12.7. The number of amides is 3. The molecule has 114 valence electrons. The molecule has 1 saturated carbocycles. The third kappa shape index (κ3) is 3.13. The van der Waals surface area contributed by atoms with Gasteiger partial charge in [-0.3, -0.25) is 9.69 Å². The Balaban J connectivity index is 2.09. The number of thiol groups is 1. The van der Waals surface area contributed by atoms with Crippen LogP contribution in [-0.2, 0) is 4.79 Å². The van der Waals surface area contributed by atoms with Crippen molar-refractivity contribution in [2.24, 2.45) is 5.92 Å². The summed E-state index contributed by atoms with van der Waals surface area (Å²) in [4.78, 5) is 26.4. The molecule has 0 aromatic carbocycles. The van der Waals surface area contributed by atoms with Gasteiger partial charge in [-0.2, -0.15) is 12.6 Å². The van der Waals surface area contributed by atoms with Crippen LogP contribution in [-0.4, -0.2) is 34.7 Å². The number of carbonyl (C=O) groups is 2. The number of nitrogens with one attached hydrogen (secondary N) is 1. The maximum Gasteiger partial charge on any atom is 0.325 e. The molecule has 1 unspecified atom stereocenters. The van der Waals surface area contributed by atoms with Crippen molar-refractivity contribution in [2.75, 3.05) is 12.3 Å². The van der Waals surface area contributed by atoms with Crippen molar-refractivity contribution >= 4 is 24.6 Å². The van der Waals surface area contributed by atoms with Gasteiger partial charge in [0, 0.05) is 6.54 Å². The summed E-state index contributed by atoms with van der Waals surface area (Å²) in [7, 11) is 0. The van der Waals surface area contributed by atoms with Crippen molar-refractivity contribution in [3.05, 3.63) is 0 Å². The first-order valence-corrected chi connectivity index (χ1v) is 8.51. The molecule has 0 bridgehead atoms. The second-order valence-corrected chi connectivity index (χ2v) is 6.52. The highest BCUT2D eigenvalue weighted by Crippen LogP contribution is 2.32. The average Bonchev–Trinajstić information content (AvgIpc) is 2.64. The summed E-state index contributed by atoms with van der Waals surface area (Å²) in [6.45, 7) is 2.58. The lowest BCUT2D eigenvalue weighted by Gasteiger charge is -2.29. The molecule has 5 heteroatoms. The highest BCUT2D eigenvalue weighted by atomic mass is 32.1. The Labute approximate surface area is 127 Å². The molecule has 3 amide bonds. The number of rotatable bonds is 4. The van der Waals surface area contributed by atoms with Crippen LogP contribution in [0, 0.1) is 5.92 Å². The molecule has 1 aliphatic carbocycles. The fourth-order valence-electron chi connectivity index (χ4n) is 3.26. The number of imide groups is 1. The van der Waals surface area contributed by atoms with E-state index in [0.717, 1.165) is 32.1 Å². The average molecular weight is 298 g/mol. The number of hydrogen-bond acceptors (Lipinski definition) is 3. The zero-order valence-corrected chi connectivity index (χ0v) is 13.3. The molecule has 0 aromatic heterocycles. The van der Waals surface area contributed by atoms with E-state index in [2.05, 4.69) is 24.9 Å². The summed E-state index contributed by atoms with van der Waals surface area (Å²) >= 11 is 4.31. The zero-order chi connectivity index (χ0) is 14.6. The molecular formula is C15H26N2O2S.